The Labute approximate surface area is 209 Å². The number of nitrogens with zero attached hydrogens (tertiary/aromatic N) is 3. The van der Waals surface area contributed by atoms with E-state index >= 15 is 0 Å². The van der Waals surface area contributed by atoms with Crippen LogP contribution in [0, 0.1) is 5.92 Å². The van der Waals surface area contributed by atoms with Crippen molar-refractivity contribution < 1.29 is 14.4 Å². The molecule has 1 aromatic heterocycles. The van der Waals surface area contributed by atoms with Crippen molar-refractivity contribution in [1.82, 2.24) is 20.0 Å². The molecule has 3 fully saturated rings. The second-order valence-corrected chi connectivity index (χ2v) is 10.5. The zero-order chi connectivity index (χ0) is 24.8. The summed E-state index contributed by atoms with van der Waals surface area (Å²) in [6.45, 7) is -0.0275. The molecular weight excluding hydrogens is 454 g/mol. The maximum absolute atomic E-state index is 13.5. The number of amides is 3. The second-order valence-electron chi connectivity index (χ2n) is 10.5. The smallest absolute Gasteiger partial charge is 0.269 e. The maximum Gasteiger partial charge on any atom is 0.269 e. The van der Waals surface area contributed by atoms with Gasteiger partial charge in [-0.05, 0) is 55.6 Å². The van der Waals surface area contributed by atoms with E-state index in [1.807, 2.05) is 24.3 Å². The summed E-state index contributed by atoms with van der Waals surface area (Å²) in [6.07, 6.45) is 5.78. The third-order valence-electron chi connectivity index (χ3n) is 8.16. The topological polar surface area (TPSA) is 110 Å². The van der Waals surface area contributed by atoms with Crippen LogP contribution < -0.4 is 11.1 Å². The standard InChI is InChI=1S/C28H31N5O3/c29-27(35)26-21-11-4-5-12-22(21)32(31-26)16-25(34)33-23-14-19(23)15-24(33)28(36)30-20-10-6-9-18(13-20)17-7-2-1-3-8-17/h1-5,7-8,11-12,18-20,23-24H,6,9-10,13-16H2,(H2,29,35)(H,30,36)/t18-,19+,20+,23+,24-/m0/s1. The van der Waals surface area contributed by atoms with E-state index < -0.39 is 11.9 Å². The number of carbonyl (C=O) groups excluding carboxylic acids is 3. The zero-order valence-corrected chi connectivity index (χ0v) is 20.2. The van der Waals surface area contributed by atoms with Crippen LogP contribution in [0.15, 0.2) is 54.6 Å². The molecule has 2 heterocycles. The summed E-state index contributed by atoms with van der Waals surface area (Å²) in [5.41, 5.74) is 7.68. The van der Waals surface area contributed by atoms with Gasteiger partial charge in [0.05, 0.1) is 5.52 Å². The molecule has 2 aromatic carbocycles. The summed E-state index contributed by atoms with van der Waals surface area (Å²) in [7, 11) is 0. The molecule has 1 saturated heterocycles. The largest absolute Gasteiger partial charge is 0.364 e. The fraction of sp³-hybridized carbons (Fsp3) is 0.429. The number of nitrogens with two attached hydrogens (primary N) is 1. The molecule has 36 heavy (non-hydrogen) atoms. The molecule has 0 radical (unpaired) electrons. The van der Waals surface area contributed by atoms with Crippen LogP contribution in [0.5, 0.6) is 0 Å². The van der Waals surface area contributed by atoms with Gasteiger partial charge in [-0.25, -0.2) is 0 Å². The van der Waals surface area contributed by atoms with Crippen LogP contribution >= 0.6 is 0 Å². The summed E-state index contributed by atoms with van der Waals surface area (Å²) in [5.74, 6) is 0.0307. The number of aromatic nitrogens is 2. The number of piperidine rings is 1. The molecule has 3 amide bonds. The second kappa shape index (κ2) is 9.08. The maximum atomic E-state index is 13.5. The van der Waals surface area contributed by atoms with Crippen molar-refractivity contribution in [2.75, 3.05) is 0 Å². The quantitative estimate of drug-likeness (QED) is 0.559. The average Bonchev–Trinajstić information content (AvgIpc) is 3.39. The normalized spacial score (nSPS) is 27.0. The van der Waals surface area contributed by atoms with Crippen molar-refractivity contribution in [3.63, 3.8) is 0 Å². The lowest BCUT2D eigenvalue weighted by atomic mass is 9.81. The lowest BCUT2D eigenvalue weighted by molar-refractivity contribution is -0.140. The Hall–Kier alpha value is -3.68. The predicted molar refractivity (Wildman–Crippen MR) is 135 cm³/mol. The molecule has 186 valence electrons. The van der Waals surface area contributed by atoms with Gasteiger partial charge in [0.25, 0.3) is 5.91 Å². The highest BCUT2D eigenvalue weighted by Crippen LogP contribution is 2.48. The van der Waals surface area contributed by atoms with Crippen molar-refractivity contribution in [3.8, 4) is 0 Å². The van der Waals surface area contributed by atoms with Crippen LogP contribution in [0.25, 0.3) is 10.9 Å². The SMILES string of the molecule is NC(=O)c1nn(CC(=O)N2[C@@H]3C[C@@H]3C[C@H]2C(=O)N[C@@H]2CCC[C@H](c3ccccc3)C2)c2ccccc12. The molecule has 3 aliphatic rings. The summed E-state index contributed by atoms with van der Waals surface area (Å²) < 4.78 is 1.54. The third-order valence-corrected chi connectivity index (χ3v) is 8.16. The number of primary amides is 1. The minimum Gasteiger partial charge on any atom is -0.364 e. The highest BCUT2D eigenvalue weighted by atomic mass is 16.2. The zero-order valence-electron chi connectivity index (χ0n) is 20.2. The first kappa shape index (κ1) is 22.8. The van der Waals surface area contributed by atoms with Gasteiger partial charge in [-0.3, -0.25) is 19.1 Å². The van der Waals surface area contributed by atoms with E-state index in [1.54, 1.807) is 11.0 Å². The van der Waals surface area contributed by atoms with Gasteiger partial charge in [-0.2, -0.15) is 5.10 Å². The van der Waals surface area contributed by atoms with E-state index in [-0.39, 0.29) is 36.1 Å². The van der Waals surface area contributed by atoms with E-state index in [4.69, 9.17) is 5.73 Å². The number of para-hydroxylation sites is 1. The number of rotatable bonds is 6. The fourth-order valence-electron chi connectivity index (χ4n) is 6.34. The summed E-state index contributed by atoms with van der Waals surface area (Å²) >= 11 is 0. The molecule has 8 heteroatoms. The Morgan fingerprint density at radius 3 is 2.56 bits per heavy atom. The Bertz CT molecular complexity index is 1320. The third kappa shape index (κ3) is 4.14. The van der Waals surface area contributed by atoms with Crippen molar-refractivity contribution in [1.29, 1.82) is 0 Å². The van der Waals surface area contributed by atoms with Crippen LogP contribution in [-0.4, -0.2) is 50.5 Å². The van der Waals surface area contributed by atoms with Gasteiger partial charge >= 0.3 is 0 Å². The van der Waals surface area contributed by atoms with Gasteiger partial charge in [-0.15, -0.1) is 0 Å². The van der Waals surface area contributed by atoms with Crippen LogP contribution in [0.1, 0.15) is 60.5 Å². The summed E-state index contributed by atoms with van der Waals surface area (Å²) in [5, 5.41) is 8.24. The molecule has 0 unspecified atom stereocenters. The first-order valence-corrected chi connectivity index (χ1v) is 12.9. The van der Waals surface area contributed by atoms with Crippen molar-refractivity contribution >= 4 is 28.6 Å². The monoisotopic (exact) mass is 485 g/mol. The van der Waals surface area contributed by atoms with Crippen molar-refractivity contribution in [2.45, 2.75) is 69.1 Å². The van der Waals surface area contributed by atoms with Gasteiger partial charge in [0.1, 0.15) is 12.6 Å². The predicted octanol–water partition coefficient (Wildman–Crippen LogP) is 2.97. The highest BCUT2D eigenvalue weighted by Gasteiger charge is 2.56. The Morgan fingerprint density at radius 1 is 0.972 bits per heavy atom. The molecule has 6 rings (SSSR count). The highest BCUT2D eigenvalue weighted by molar-refractivity contribution is 6.04. The summed E-state index contributed by atoms with van der Waals surface area (Å²) in [4.78, 5) is 40.5. The fourth-order valence-corrected chi connectivity index (χ4v) is 6.34. The number of carbonyl (C=O) groups is 3. The molecule has 2 saturated carbocycles. The first-order chi connectivity index (χ1) is 17.5. The number of benzene rings is 2. The average molecular weight is 486 g/mol. The Balaban J connectivity index is 1.16. The van der Waals surface area contributed by atoms with E-state index in [2.05, 4.69) is 34.7 Å². The van der Waals surface area contributed by atoms with Crippen molar-refractivity contribution in [3.05, 3.63) is 65.9 Å². The number of fused-ring (bicyclic) bond motifs is 2. The van der Waals surface area contributed by atoms with Crippen LogP contribution in [0.4, 0.5) is 0 Å². The van der Waals surface area contributed by atoms with Crippen LogP contribution in [-0.2, 0) is 16.1 Å². The van der Waals surface area contributed by atoms with E-state index in [0.29, 0.717) is 29.2 Å². The van der Waals surface area contributed by atoms with Crippen LogP contribution in [0.2, 0.25) is 0 Å². The molecule has 2 aliphatic carbocycles. The lowest BCUT2D eigenvalue weighted by Crippen LogP contribution is -2.51. The number of likely N-dealkylation sites (tertiary alicyclic amines) is 1. The van der Waals surface area contributed by atoms with Crippen LogP contribution in [0.3, 0.4) is 0 Å². The van der Waals surface area contributed by atoms with Gasteiger partial charge in [0.2, 0.25) is 11.8 Å². The Kier molecular flexibility index (Phi) is 5.74. The molecule has 3 N–H and O–H groups in total. The molecular formula is C28H31N5O3. The number of nitrogens with one attached hydrogen (secondary N) is 1. The molecule has 5 atom stereocenters. The van der Waals surface area contributed by atoms with Gasteiger partial charge in [-0.1, -0.05) is 55.0 Å². The van der Waals surface area contributed by atoms with Gasteiger partial charge < -0.3 is 16.0 Å². The first-order valence-electron chi connectivity index (χ1n) is 12.9. The number of hydrogen-bond acceptors (Lipinski definition) is 4. The van der Waals surface area contributed by atoms with E-state index in [0.717, 1.165) is 32.1 Å². The minimum atomic E-state index is -0.626. The minimum absolute atomic E-state index is 0.0275. The number of hydrogen-bond donors (Lipinski definition) is 2. The molecule has 0 bridgehead atoms. The van der Waals surface area contributed by atoms with Gasteiger partial charge in [0, 0.05) is 17.5 Å². The van der Waals surface area contributed by atoms with Gasteiger partial charge in [0.15, 0.2) is 5.69 Å². The van der Waals surface area contributed by atoms with Crippen molar-refractivity contribution in [2.24, 2.45) is 11.7 Å². The molecule has 8 nitrogen and oxygen atoms in total. The lowest BCUT2D eigenvalue weighted by Gasteiger charge is -2.33. The summed E-state index contributed by atoms with van der Waals surface area (Å²) in [6, 6.07) is 17.6. The molecule has 3 aromatic rings. The van der Waals surface area contributed by atoms with E-state index in [1.165, 1.54) is 10.2 Å². The molecule has 1 aliphatic heterocycles. The Morgan fingerprint density at radius 2 is 1.75 bits per heavy atom. The molecule has 0 spiro atoms. The van der Waals surface area contributed by atoms with E-state index in [9.17, 15) is 14.4 Å².